The number of nitriles is 1. The van der Waals surface area contributed by atoms with Crippen LogP contribution in [0.2, 0.25) is 5.02 Å². The lowest BCUT2D eigenvalue weighted by Crippen LogP contribution is -2.42. The molecule has 0 saturated carbocycles. The van der Waals surface area contributed by atoms with Gasteiger partial charge in [-0.2, -0.15) is 5.26 Å². The van der Waals surface area contributed by atoms with Crippen molar-refractivity contribution in [1.82, 2.24) is 10.2 Å². The lowest BCUT2D eigenvalue weighted by atomic mass is 10.1. The molecule has 4 nitrogen and oxygen atoms in total. The van der Waals surface area contributed by atoms with Crippen molar-refractivity contribution in [2.45, 2.75) is 6.54 Å². The zero-order valence-corrected chi connectivity index (χ0v) is 10.3. The first kappa shape index (κ1) is 12.2. The molecule has 1 aliphatic heterocycles. The number of nitrogen functional groups attached to an aromatic ring is 1. The quantitative estimate of drug-likeness (QED) is 0.775. The molecule has 0 amide bonds. The Kier molecular flexibility index (Phi) is 3.85. The summed E-state index contributed by atoms with van der Waals surface area (Å²) in [4.78, 5) is 2.30. The van der Waals surface area contributed by atoms with Crippen LogP contribution in [0.1, 0.15) is 11.1 Å². The first-order valence-corrected chi connectivity index (χ1v) is 5.99. The molecule has 0 bridgehead atoms. The summed E-state index contributed by atoms with van der Waals surface area (Å²) >= 11 is 6.16. The van der Waals surface area contributed by atoms with Gasteiger partial charge in [-0.1, -0.05) is 11.6 Å². The Labute approximate surface area is 106 Å². The van der Waals surface area contributed by atoms with E-state index in [1.165, 1.54) is 0 Å². The zero-order valence-electron chi connectivity index (χ0n) is 9.54. The summed E-state index contributed by atoms with van der Waals surface area (Å²) in [6.45, 7) is 4.72. The molecule has 3 N–H and O–H groups in total. The van der Waals surface area contributed by atoms with Gasteiger partial charge in [-0.05, 0) is 17.7 Å². The van der Waals surface area contributed by atoms with E-state index in [-0.39, 0.29) is 0 Å². The van der Waals surface area contributed by atoms with Gasteiger partial charge in [0.1, 0.15) is 0 Å². The SMILES string of the molecule is N#Cc1cc(N)c(Cl)c(CN2CCNCC2)c1. The molecule has 0 unspecified atom stereocenters. The number of halogens is 1. The topological polar surface area (TPSA) is 65.1 Å². The van der Waals surface area contributed by atoms with Gasteiger partial charge in [0.05, 0.1) is 22.3 Å². The van der Waals surface area contributed by atoms with Crippen LogP contribution in [0.3, 0.4) is 0 Å². The van der Waals surface area contributed by atoms with Crippen molar-refractivity contribution in [3.05, 3.63) is 28.3 Å². The molecule has 1 aromatic rings. The maximum Gasteiger partial charge on any atom is 0.0992 e. The smallest absolute Gasteiger partial charge is 0.0992 e. The van der Waals surface area contributed by atoms with Crippen molar-refractivity contribution in [3.63, 3.8) is 0 Å². The van der Waals surface area contributed by atoms with Crippen LogP contribution in [0.4, 0.5) is 5.69 Å². The second kappa shape index (κ2) is 5.37. The van der Waals surface area contributed by atoms with Crippen molar-refractivity contribution in [2.75, 3.05) is 31.9 Å². The van der Waals surface area contributed by atoms with E-state index < -0.39 is 0 Å². The normalized spacial score (nSPS) is 16.7. The number of rotatable bonds is 2. The Hall–Kier alpha value is -1.28. The molecule has 1 saturated heterocycles. The minimum atomic E-state index is 0.482. The number of nitrogens with zero attached hydrogens (tertiary/aromatic N) is 2. The lowest BCUT2D eigenvalue weighted by molar-refractivity contribution is 0.233. The fraction of sp³-hybridized carbons (Fsp3) is 0.417. The van der Waals surface area contributed by atoms with Crippen molar-refractivity contribution in [3.8, 4) is 6.07 Å². The van der Waals surface area contributed by atoms with Crippen LogP contribution in [0.15, 0.2) is 12.1 Å². The van der Waals surface area contributed by atoms with Gasteiger partial charge in [0.2, 0.25) is 0 Å². The van der Waals surface area contributed by atoms with E-state index in [1.807, 2.05) is 6.07 Å². The van der Waals surface area contributed by atoms with Gasteiger partial charge in [-0.3, -0.25) is 4.90 Å². The second-order valence-electron chi connectivity index (χ2n) is 4.18. The molecule has 0 aliphatic carbocycles. The van der Waals surface area contributed by atoms with E-state index in [1.54, 1.807) is 6.07 Å². The third-order valence-electron chi connectivity index (χ3n) is 2.91. The molecule has 90 valence electrons. The maximum absolute atomic E-state index is 8.91. The van der Waals surface area contributed by atoms with Crippen LogP contribution in [-0.4, -0.2) is 31.1 Å². The highest BCUT2D eigenvalue weighted by molar-refractivity contribution is 6.33. The van der Waals surface area contributed by atoms with Crippen LogP contribution >= 0.6 is 11.6 Å². The third-order valence-corrected chi connectivity index (χ3v) is 3.37. The average molecular weight is 251 g/mol. The summed E-state index contributed by atoms with van der Waals surface area (Å²) in [6.07, 6.45) is 0. The summed E-state index contributed by atoms with van der Waals surface area (Å²) in [5.74, 6) is 0. The highest BCUT2D eigenvalue weighted by Gasteiger charge is 2.13. The van der Waals surface area contributed by atoms with Crippen molar-refractivity contribution >= 4 is 17.3 Å². The fourth-order valence-electron chi connectivity index (χ4n) is 2.00. The van der Waals surface area contributed by atoms with Gasteiger partial charge in [0.25, 0.3) is 0 Å². The summed E-state index contributed by atoms with van der Waals surface area (Å²) in [5, 5.41) is 12.8. The Morgan fingerprint density at radius 3 is 2.76 bits per heavy atom. The summed E-state index contributed by atoms with van der Waals surface area (Å²) in [7, 11) is 0. The number of benzene rings is 1. The Morgan fingerprint density at radius 2 is 2.12 bits per heavy atom. The number of hydrogen-bond donors (Lipinski definition) is 2. The number of anilines is 1. The summed E-state index contributed by atoms with van der Waals surface area (Å²) in [5.41, 5.74) is 7.77. The number of hydrogen-bond acceptors (Lipinski definition) is 4. The molecule has 1 aliphatic rings. The van der Waals surface area contributed by atoms with Crippen molar-refractivity contribution < 1.29 is 0 Å². The van der Waals surface area contributed by atoms with Crippen LogP contribution < -0.4 is 11.1 Å². The Balaban J connectivity index is 2.19. The van der Waals surface area contributed by atoms with Crippen LogP contribution in [0.5, 0.6) is 0 Å². The van der Waals surface area contributed by atoms with Gasteiger partial charge < -0.3 is 11.1 Å². The first-order valence-electron chi connectivity index (χ1n) is 5.62. The average Bonchev–Trinajstić information content (AvgIpc) is 2.36. The minimum absolute atomic E-state index is 0.482. The van der Waals surface area contributed by atoms with Crippen LogP contribution in [0.25, 0.3) is 0 Å². The third kappa shape index (κ3) is 2.89. The van der Waals surface area contributed by atoms with E-state index in [4.69, 9.17) is 22.6 Å². The minimum Gasteiger partial charge on any atom is -0.397 e. The fourth-order valence-corrected chi connectivity index (χ4v) is 2.17. The van der Waals surface area contributed by atoms with Crippen LogP contribution in [-0.2, 0) is 6.54 Å². The molecule has 0 atom stereocenters. The van der Waals surface area contributed by atoms with E-state index in [0.29, 0.717) is 16.3 Å². The maximum atomic E-state index is 8.91. The van der Waals surface area contributed by atoms with E-state index >= 15 is 0 Å². The highest BCUT2D eigenvalue weighted by atomic mass is 35.5. The number of nitrogens with two attached hydrogens (primary N) is 1. The molecule has 1 fully saturated rings. The molecule has 2 rings (SSSR count). The second-order valence-corrected chi connectivity index (χ2v) is 4.55. The molecule has 0 radical (unpaired) electrons. The molecule has 5 heteroatoms. The van der Waals surface area contributed by atoms with Gasteiger partial charge in [0.15, 0.2) is 0 Å². The van der Waals surface area contributed by atoms with Gasteiger partial charge >= 0.3 is 0 Å². The monoisotopic (exact) mass is 250 g/mol. The van der Waals surface area contributed by atoms with Crippen molar-refractivity contribution in [2.24, 2.45) is 0 Å². The molecule has 1 aromatic carbocycles. The molecule has 17 heavy (non-hydrogen) atoms. The molecule has 0 aromatic heterocycles. The Bertz CT molecular complexity index is 447. The van der Waals surface area contributed by atoms with Gasteiger partial charge in [-0.25, -0.2) is 0 Å². The molecular formula is C12H15ClN4. The Morgan fingerprint density at radius 1 is 1.41 bits per heavy atom. The van der Waals surface area contributed by atoms with Crippen LogP contribution in [0, 0.1) is 11.3 Å². The highest BCUT2D eigenvalue weighted by Crippen LogP contribution is 2.26. The van der Waals surface area contributed by atoms with E-state index in [9.17, 15) is 0 Å². The predicted molar refractivity (Wildman–Crippen MR) is 68.7 cm³/mol. The van der Waals surface area contributed by atoms with Gasteiger partial charge in [-0.15, -0.1) is 0 Å². The summed E-state index contributed by atoms with van der Waals surface area (Å²) in [6, 6.07) is 5.54. The molecular weight excluding hydrogens is 236 g/mol. The summed E-state index contributed by atoms with van der Waals surface area (Å²) < 4.78 is 0. The number of piperazine rings is 1. The lowest BCUT2D eigenvalue weighted by Gasteiger charge is -2.27. The molecule has 0 spiro atoms. The van der Waals surface area contributed by atoms with Crippen molar-refractivity contribution in [1.29, 1.82) is 5.26 Å². The van der Waals surface area contributed by atoms with E-state index in [0.717, 1.165) is 38.3 Å². The predicted octanol–water partition coefficient (Wildman–Crippen LogP) is 1.20. The van der Waals surface area contributed by atoms with Gasteiger partial charge in [0, 0.05) is 32.7 Å². The number of nitrogens with one attached hydrogen (secondary N) is 1. The largest absolute Gasteiger partial charge is 0.397 e. The first-order chi connectivity index (χ1) is 8.20. The molecule has 1 heterocycles. The zero-order chi connectivity index (χ0) is 12.3. The standard InChI is InChI=1S/C12H15ClN4/c13-12-10(5-9(7-14)6-11(12)15)8-17-3-1-16-2-4-17/h5-6,16H,1-4,8,15H2. The van der Waals surface area contributed by atoms with E-state index in [2.05, 4.69) is 16.3 Å².